The van der Waals surface area contributed by atoms with Crippen molar-refractivity contribution >= 4 is 39.0 Å². The summed E-state index contributed by atoms with van der Waals surface area (Å²) in [6.07, 6.45) is 1.15. The molecule has 33 heavy (non-hydrogen) atoms. The van der Waals surface area contributed by atoms with E-state index in [4.69, 9.17) is 22.1 Å². The number of hydrogen-bond acceptors (Lipinski definition) is 6. The van der Waals surface area contributed by atoms with Crippen molar-refractivity contribution in [2.75, 3.05) is 4.72 Å². The fourth-order valence-electron chi connectivity index (χ4n) is 3.03. The molecule has 3 aromatic rings. The van der Waals surface area contributed by atoms with E-state index in [0.29, 0.717) is 11.3 Å². The van der Waals surface area contributed by atoms with Gasteiger partial charge in [-0.1, -0.05) is 29.8 Å². The van der Waals surface area contributed by atoms with Gasteiger partial charge in [0.15, 0.2) is 0 Å². The summed E-state index contributed by atoms with van der Waals surface area (Å²) < 4.78 is 33.8. The van der Waals surface area contributed by atoms with Gasteiger partial charge >= 0.3 is 0 Å². The molecule has 0 unspecified atom stereocenters. The monoisotopic (exact) mass is 487 g/mol. The van der Waals surface area contributed by atoms with Crippen molar-refractivity contribution in [3.05, 3.63) is 82.6 Å². The molecule has 172 valence electrons. The number of pyridine rings is 1. The highest BCUT2D eigenvalue weighted by atomic mass is 35.5. The number of amides is 1. The zero-order valence-electron chi connectivity index (χ0n) is 17.9. The van der Waals surface area contributed by atoms with E-state index in [1.165, 1.54) is 36.5 Å². The quantitative estimate of drug-likeness (QED) is 0.444. The van der Waals surface area contributed by atoms with Crippen molar-refractivity contribution in [3.63, 3.8) is 0 Å². The van der Waals surface area contributed by atoms with Crippen LogP contribution in [-0.4, -0.2) is 31.2 Å². The van der Waals surface area contributed by atoms with E-state index < -0.39 is 21.7 Å². The third kappa shape index (κ3) is 6.30. The highest BCUT2D eigenvalue weighted by molar-refractivity contribution is 7.92. The Labute approximate surface area is 196 Å². The minimum Gasteiger partial charge on any atom is -0.491 e. The van der Waals surface area contributed by atoms with Crippen LogP contribution in [-0.2, 0) is 21.2 Å². The molecule has 0 saturated carbocycles. The van der Waals surface area contributed by atoms with Crippen LogP contribution in [0.4, 0.5) is 5.69 Å². The Balaban J connectivity index is 1.93. The van der Waals surface area contributed by atoms with Crippen LogP contribution in [0.15, 0.2) is 65.7 Å². The fraction of sp³-hybridized carbons (Fsp3) is 0.174. The van der Waals surface area contributed by atoms with Crippen molar-refractivity contribution in [1.82, 2.24) is 4.98 Å². The minimum atomic E-state index is -4.06. The number of carbonyl (C=O) groups is 2. The molecule has 0 spiro atoms. The summed E-state index contributed by atoms with van der Waals surface area (Å²) in [4.78, 5) is 28.3. The first-order valence-electron chi connectivity index (χ1n) is 9.92. The van der Waals surface area contributed by atoms with Gasteiger partial charge in [0.25, 0.3) is 10.0 Å². The molecule has 8 nitrogen and oxygen atoms in total. The van der Waals surface area contributed by atoms with Crippen LogP contribution in [0.25, 0.3) is 0 Å². The van der Waals surface area contributed by atoms with E-state index in [2.05, 4.69) is 9.71 Å². The summed E-state index contributed by atoms with van der Waals surface area (Å²) in [7, 11) is -4.06. The molecule has 0 aliphatic rings. The first-order chi connectivity index (χ1) is 15.5. The first kappa shape index (κ1) is 24.2. The summed E-state index contributed by atoms with van der Waals surface area (Å²) in [5, 5.41) is 0.146. The van der Waals surface area contributed by atoms with E-state index in [1.54, 1.807) is 24.3 Å². The highest BCUT2D eigenvalue weighted by Gasteiger charge is 2.22. The number of aromatic nitrogens is 1. The normalized spacial score (nSPS) is 11.3. The van der Waals surface area contributed by atoms with Crippen molar-refractivity contribution in [1.29, 1.82) is 0 Å². The zero-order chi connectivity index (χ0) is 24.2. The Bertz CT molecular complexity index is 1290. The average molecular weight is 488 g/mol. The molecule has 3 rings (SSSR count). The van der Waals surface area contributed by atoms with Crippen LogP contribution >= 0.6 is 11.6 Å². The zero-order valence-corrected chi connectivity index (χ0v) is 19.5. The molecule has 2 aromatic carbocycles. The van der Waals surface area contributed by atoms with Crippen LogP contribution in [0.5, 0.6) is 5.75 Å². The van der Waals surface area contributed by atoms with Gasteiger partial charge in [0.05, 0.1) is 28.1 Å². The second-order valence-corrected chi connectivity index (χ2v) is 9.58. The lowest BCUT2D eigenvalue weighted by molar-refractivity contribution is -0.117. The predicted octanol–water partition coefficient (Wildman–Crippen LogP) is 3.58. The molecule has 0 radical (unpaired) electrons. The lowest BCUT2D eigenvalue weighted by atomic mass is 10.0. The largest absolute Gasteiger partial charge is 0.491 e. The SMILES string of the molecule is CC(C)Oc1ccc(S(=O)(=O)Nc2cc(Cl)cnc2C(=O)c2cccc(CC(N)=O)c2)cc1. The maximum absolute atomic E-state index is 13.1. The van der Waals surface area contributed by atoms with Crippen molar-refractivity contribution in [3.8, 4) is 5.75 Å². The van der Waals surface area contributed by atoms with Crippen molar-refractivity contribution < 1.29 is 22.7 Å². The summed E-state index contributed by atoms with van der Waals surface area (Å²) in [6.45, 7) is 3.72. The Morgan fingerprint density at radius 3 is 2.45 bits per heavy atom. The molecule has 3 N–H and O–H groups in total. The van der Waals surface area contributed by atoms with E-state index in [0.717, 1.165) is 0 Å². The van der Waals surface area contributed by atoms with Crippen LogP contribution < -0.4 is 15.2 Å². The second kappa shape index (κ2) is 10.0. The van der Waals surface area contributed by atoms with E-state index in [1.807, 2.05) is 13.8 Å². The molecule has 1 amide bonds. The predicted molar refractivity (Wildman–Crippen MR) is 125 cm³/mol. The van der Waals surface area contributed by atoms with E-state index >= 15 is 0 Å². The molecule has 0 bridgehead atoms. The first-order valence-corrected chi connectivity index (χ1v) is 11.8. The Morgan fingerprint density at radius 2 is 1.82 bits per heavy atom. The maximum atomic E-state index is 13.1. The third-order valence-electron chi connectivity index (χ3n) is 4.39. The number of nitrogens with two attached hydrogens (primary N) is 1. The van der Waals surface area contributed by atoms with Gasteiger partial charge < -0.3 is 10.5 Å². The number of ketones is 1. The minimum absolute atomic E-state index is 0.0274. The molecular weight excluding hydrogens is 466 g/mol. The second-order valence-electron chi connectivity index (χ2n) is 7.47. The third-order valence-corrected chi connectivity index (χ3v) is 5.98. The van der Waals surface area contributed by atoms with Gasteiger partial charge in [0.2, 0.25) is 11.7 Å². The number of hydrogen-bond donors (Lipinski definition) is 2. The number of halogens is 1. The summed E-state index contributed by atoms with van der Waals surface area (Å²) in [5.74, 6) is -0.557. The van der Waals surface area contributed by atoms with Crippen molar-refractivity contribution in [2.24, 2.45) is 5.73 Å². The number of benzene rings is 2. The Kier molecular flexibility index (Phi) is 7.35. The summed E-state index contributed by atoms with van der Waals surface area (Å²) in [5.41, 5.74) is 5.78. The molecular formula is C23H22ClN3O5S. The molecule has 0 aliphatic carbocycles. The van der Waals surface area contributed by atoms with Crippen LogP contribution in [0.2, 0.25) is 5.02 Å². The number of rotatable bonds is 9. The maximum Gasteiger partial charge on any atom is 0.261 e. The van der Waals surface area contributed by atoms with Gasteiger partial charge in [-0.15, -0.1) is 0 Å². The molecule has 1 aromatic heterocycles. The standard InChI is InChI=1S/C23H22ClN3O5S/c1-14(2)32-18-6-8-19(9-7-18)33(30,31)27-20-12-17(24)13-26-22(20)23(29)16-5-3-4-15(10-16)11-21(25)28/h3-10,12-14,27H,11H2,1-2H3,(H2,25,28). The average Bonchev–Trinajstić information content (AvgIpc) is 2.73. The molecule has 0 atom stereocenters. The smallest absolute Gasteiger partial charge is 0.261 e. The molecule has 10 heteroatoms. The lowest BCUT2D eigenvalue weighted by Gasteiger charge is -2.13. The Hall–Kier alpha value is -3.43. The van der Waals surface area contributed by atoms with Crippen LogP contribution in [0, 0.1) is 0 Å². The van der Waals surface area contributed by atoms with E-state index in [9.17, 15) is 18.0 Å². The summed E-state index contributed by atoms with van der Waals surface area (Å²) >= 11 is 6.02. The number of anilines is 1. The van der Waals surface area contributed by atoms with Crippen molar-refractivity contribution in [2.45, 2.75) is 31.3 Å². The molecule has 0 aliphatic heterocycles. The highest BCUT2D eigenvalue weighted by Crippen LogP contribution is 2.26. The number of primary amides is 1. The molecule has 1 heterocycles. The van der Waals surface area contributed by atoms with Gasteiger partial charge in [0.1, 0.15) is 11.4 Å². The van der Waals surface area contributed by atoms with Gasteiger partial charge in [-0.05, 0) is 55.8 Å². The van der Waals surface area contributed by atoms with Gasteiger partial charge in [-0.25, -0.2) is 13.4 Å². The van der Waals surface area contributed by atoms with Gasteiger partial charge in [0, 0.05) is 11.8 Å². The van der Waals surface area contributed by atoms with Gasteiger partial charge in [-0.3, -0.25) is 14.3 Å². The van der Waals surface area contributed by atoms with Gasteiger partial charge in [-0.2, -0.15) is 0 Å². The lowest BCUT2D eigenvalue weighted by Crippen LogP contribution is -2.17. The number of sulfonamides is 1. The number of nitrogens with one attached hydrogen (secondary N) is 1. The molecule has 0 fully saturated rings. The number of nitrogens with zero attached hydrogens (tertiary/aromatic N) is 1. The molecule has 0 saturated heterocycles. The Morgan fingerprint density at radius 1 is 1.12 bits per heavy atom. The topological polar surface area (TPSA) is 128 Å². The fourth-order valence-corrected chi connectivity index (χ4v) is 4.25. The van der Waals surface area contributed by atoms with Crippen LogP contribution in [0.3, 0.4) is 0 Å². The van der Waals surface area contributed by atoms with E-state index in [-0.39, 0.29) is 39.4 Å². The van der Waals surface area contributed by atoms with Crippen LogP contribution in [0.1, 0.15) is 35.5 Å². The number of carbonyl (C=O) groups excluding carboxylic acids is 2. The number of ether oxygens (including phenoxy) is 1. The summed E-state index contributed by atoms with van der Waals surface area (Å²) in [6, 6.07) is 13.5.